The zero-order valence-electron chi connectivity index (χ0n) is 10.9. The second-order valence-corrected chi connectivity index (χ2v) is 6.16. The molecule has 0 radical (unpaired) electrons. The third kappa shape index (κ3) is 3.60. The molecule has 0 aliphatic rings. The highest BCUT2D eigenvalue weighted by Crippen LogP contribution is 2.32. The summed E-state index contributed by atoms with van der Waals surface area (Å²) in [4.78, 5) is 0. The van der Waals surface area contributed by atoms with Gasteiger partial charge in [-0.05, 0) is 42.3 Å². The summed E-state index contributed by atoms with van der Waals surface area (Å²) < 4.78 is 1.05. The first kappa shape index (κ1) is 15.5. The van der Waals surface area contributed by atoms with Crippen molar-refractivity contribution >= 4 is 44.8 Å². The second-order valence-electron chi connectivity index (χ2n) is 4.40. The molecule has 0 amide bonds. The summed E-state index contributed by atoms with van der Waals surface area (Å²) >= 11 is 15.3. The highest BCUT2D eigenvalue weighted by molar-refractivity contribution is 9.10. The molecule has 0 bridgehead atoms. The van der Waals surface area contributed by atoms with Crippen molar-refractivity contribution in [3.05, 3.63) is 56.0 Å². The zero-order valence-corrected chi connectivity index (χ0v) is 14.0. The highest BCUT2D eigenvalue weighted by Gasteiger charge is 2.09. The maximum absolute atomic E-state index is 9.93. The van der Waals surface area contributed by atoms with Crippen LogP contribution < -0.4 is 5.32 Å². The number of nitrogens with one attached hydrogen (secondary N) is 1. The lowest BCUT2D eigenvalue weighted by Crippen LogP contribution is -2.02. The van der Waals surface area contributed by atoms with Crippen LogP contribution in [0.2, 0.25) is 10.0 Å². The molecule has 2 N–H and O–H groups in total. The fourth-order valence-electron chi connectivity index (χ4n) is 1.97. The van der Waals surface area contributed by atoms with Gasteiger partial charge in [0.15, 0.2) is 0 Å². The molecule has 5 heteroatoms. The van der Waals surface area contributed by atoms with E-state index in [2.05, 4.69) is 34.2 Å². The molecule has 0 saturated heterocycles. The van der Waals surface area contributed by atoms with E-state index in [9.17, 15) is 5.11 Å². The minimum atomic E-state index is 0.0683. The van der Waals surface area contributed by atoms with Crippen LogP contribution in [-0.4, -0.2) is 5.11 Å². The molecule has 2 aromatic carbocycles. The Bertz CT molecular complexity index is 632. The number of halogens is 3. The number of benzene rings is 2. The molecule has 0 spiro atoms. The van der Waals surface area contributed by atoms with E-state index in [-0.39, 0.29) is 10.8 Å². The number of aromatic hydroxyl groups is 1. The topological polar surface area (TPSA) is 32.3 Å². The van der Waals surface area contributed by atoms with Gasteiger partial charge < -0.3 is 10.4 Å². The maximum Gasteiger partial charge on any atom is 0.139 e. The van der Waals surface area contributed by atoms with Crippen molar-refractivity contribution in [1.29, 1.82) is 0 Å². The molecule has 2 aromatic rings. The number of rotatable bonds is 4. The van der Waals surface area contributed by atoms with E-state index >= 15 is 0 Å². The zero-order chi connectivity index (χ0) is 14.7. The van der Waals surface area contributed by atoms with Gasteiger partial charge in [-0.25, -0.2) is 0 Å². The number of hydrogen-bond acceptors (Lipinski definition) is 2. The van der Waals surface area contributed by atoms with Gasteiger partial charge in [-0.3, -0.25) is 0 Å². The highest BCUT2D eigenvalue weighted by atomic mass is 79.9. The van der Waals surface area contributed by atoms with Crippen molar-refractivity contribution in [1.82, 2.24) is 0 Å². The van der Waals surface area contributed by atoms with Crippen molar-refractivity contribution in [2.75, 3.05) is 5.32 Å². The molecular weight excluding hydrogens is 361 g/mol. The molecule has 0 heterocycles. The van der Waals surface area contributed by atoms with Gasteiger partial charge >= 0.3 is 0 Å². The van der Waals surface area contributed by atoms with E-state index < -0.39 is 0 Å². The van der Waals surface area contributed by atoms with E-state index in [4.69, 9.17) is 23.2 Å². The quantitative estimate of drug-likeness (QED) is 0.726. The third-order valence-corrected chi connectivity index (χ3v) is 4.02. The normalized spacial score (nSPS) is 10.6. The summed E-state index contributed by atoms with van der Waals surface area (Å²) in [6, 6.07) is 9.30. The fraction of sp³-hybridized carbons (Fsp3) is 0.200. The van der Waals surface area contributed by atoms with Crippen molar-refractivity contribution in [3.8, 4) is 5.75 Å². The van der Waals surface area contributed by atoms with Crippen LogP contribution in [0.25, 0.3) is 0 Å². The molecule has 0 fully saturated rings. The number of anilines is 1. The van der Waals surface area contributed by atoms with Crippen molar-refractivity contribution in [2.24, 2.45) is 0 Å². The Kier molecular flexibility index (Phi) is 5.19. The van der Waals surface area contributed by atoms with Crippen LogP contribution in [0.1, 0.15) is 18.1 Å². The smallest absolute Gasteiger partial charge is 0.139 e. The SMILES string of the molecule is CCc1cc(Br)ccc1NCc1cc(Cl)cc(Cl)c1O. The van der Waals surface area contributed by atoms with E-state index in [1.54, 1.807) is 6.07 Å². The standard InChI is InChI=1S/C15H14BrCl2NO/c1-2-9-5-11(16)3-4-14(9)19-8-10-6-12(17)7-13(18)15(10)20/h3-7,19-20H,2,8H2,1H3. The lowest BCUT2D eigenvalue weighted by molar-refractivity contribution is 0.469. The van der Waals surface area contributed by atoms with Gasteiger partial charge in [0, 0.05) is 27.3 Å². The van der Waals surface area contributed by atoms with Crippen LogP contribution in [0.15, 0.2) is 34.8 Å². The first-order valence-corrected chi connectivity index (χ1v) is 7.75. The molecular formula is C15H14BrCl2NO. The van der Waals surface area contributed by atoms with Gasteiger partial charge in [0.1, 0.15) is 5.75 Å². The lowest BCUT2D eigenvalue weighted by atomic mass is 10.1. The van der Waals surface area contributed by atoms with E-state index in [0.717, 1.165) is 16.6 Å². The molecule has 2 nitrogen and oxygen atoms in total. The molecule has 0 aliphatic carbocycles. The predicted molar refractivity (Wildman–Crippen MR) is 89.0 cm³/mol. The molecule has 0 atom stereocenters. The number of aryl methyl sites for hydroxylation is 1. The minimum absolute atomic E-state index is 0.0683. The molecule has 0 unspecified atom stereocenters. The van der Waals surface area contributed by atoms with E-state index in [1.165, 1.54) is 11.6 Å². The Morgan fingerprint density at radius 1 is 1.15 bits per heavy atom. The van der Waals surface area contributed by atoms with Gasteiger partial charge in [0.05, 0.1) is 5.02 Å². The van der Waals surface area contributed by atoms with Crippen molar-refractivity contribution in [3.63, 3.8) is 0 Å². The second kappa shape index (κ2) is 6.70. The van der Waals surface area contributed by atoms with E-state index in [1.807, 2.05) is 12.1 Å². The monoisotopic (exact) mass is 373 g/mol. The Labute approximate surface area is 136 Å². The van der Waals surface area contributed by atoms with Crippen LogP contribution >= 0.6 is 39.1 Å². The van der Waals surface area contributed by atoms with Crippen molar-refractivity contribution < 1.29 is 5.11 Å². The number of phenolic OH excluding ortho intramolecular Hbond substituents is 1. The molecule has 0 saturated carbocycles. The average Bonchev–Trinajstić information content (AvgIpc) is 2.42. The van der Waals surface area contributed by atoms with Gasteiger partial charge in [0.25, 0.3) is 0 Å². The van der Waals surface area contributed by atoms with Crippen LogP contribution in [0.3, 0.4) is 0 Å². The van der Waals surface area contributed by atoms with Crippen LogP contribution in [0, 0.1) is 0 Å². The van der Waals surface area contributed by atoms with Crippen molar-refractivity contribution in [2.45, 2.75) is 19.9 Å². The summed E-state index contributed by atoms with van der Waals surface area (Å²) in [6.07, 6.45) is 0.921. The van der Waals surface area contributed by atoms with Crippen LogP contribution in [0.5, 0.6) is 5.75 Å². The molecule has 0 aliphatic heterocycles. The summed E-state index contributed by atoms with van der Waals surface area (Å²) in [5.74, 6) is 0.0683. The predicted octanol–water partition coefficient (Wildman–Crippen LogP) is 5.64. The lowest BCUT2D eigenvalue weighted by Gasteiger charge is -2.13. The van der Waals surface area contributed by atoms with Crippen LogP contribution in [-0.2, 0) is 13.0 Å². The first-order chi connectivity index (χ1) is 9.51. The van der Waals surface area contributed by atoms with Gasteiger partial charge in [-0.15, -0.1) is 0 Å². The van der Waals surface area contributed by atoms with Gasteiger partial charge in [-0.2, -0.15) is 0 Å². The molecule has 0 aromatic heterocycles. The minimum Gasteiger partial charge on any atom is -0.506 e. The molecule has 2 rings (SSSR count). The van der Waals surface area contributed by atoms with Gasteiger partial charge in [-0.1, -0.05) is 46.1 Å². The van der Waals surface area contributed by atoms with Gasteiger partial charge in [0.2, 0.25) is 0 Å². The maximum atomic E-state index is 9.93. The molecule has 20 heavy (non-hydrogen) atoms. The number of phenols is 1. The molecule has 106 valence electrons. The first-order valence-electron chi connectivity index (χ1n) is 6.20. The Hall–Kier alpha value is -0.900. The average molecular weight is 375 g/mol. The Morgan fingerprint density at radius 2 is 1.90 bits per heavy atom. The summed E-state index contributed by atoms with van der Waals surface area (Å²) in [5, 5.41) is 14.0. The summed E-state index contributed by atoms with van der Waals surface area (Å²) in [7, 11) is 0. The van der Waals surface area contributed by atoms with E-state index in [0.29, 0.717) is 17.1 Å². The Morgan fingerprint density at radius 3 is 2.60 bits per heavy atom. The van der Waals surface area contributed by atoms with Crippen LogP contribution in [0.4, 0.5) is 5.69 Å². The summed E-state index contributed by atoms with van der Waals surface area (Å²) in [6.45, 7) is 2.56. The Balaban J connectivity index is 2.21. The third-order valence-electron chi connectivity index (χ3n) is 3.02. The number of hydrogen-bond donors (Lipinski definition) is 2. The summed E-state index contributed by atoms with van der Waals surface area (Å²) in [5.41, 5.74) is 2.91. The fourth-order valence-corrected chi connectivity index (χ4v) is 2.92. The largest absolute Gasteiger partial charge is 0.506 e.